The van der Waals surface area contributed by atoms with Crippen LogP contribution in [0.1, 0.15) is 31.2 Å². The Bertz CT molecular complexity index is 372. The van der Waals surface area contributed by atoms with E-state index in [4.69, 9.17) is 5.73 Å². The molecule has 2 rings (SSSR count). The summed E-state index contributed by atoms with van der Waals surface area (Å²) in [6, 6.07) is 3.30. The minimum Gasteiger partial charge on any atom is -0.354 e. The third-order valence-electron chi connectivity index (χ3n) is 3.37. The summed E-state index contributed by atoms with van der Waals surface area (Å²) in [5.74, 6) is 0.553. The molecule has 2 unspecified atom stereocenters. The summed E-state index contributed by atoms with van der Waals surface area (Å²) in [7, 11) is 0. The van der Waals surface area contributed by atoms with Gasteiger partial charge in [-0.2, -0.15) is 0 Å². The Morgan fingerprint density at radius 1 is 1.75 bits per heavy atom. The predicted octanol–water partition coefficient (Wildman–Crippen LogP) is 1.91. The third-order valence-corrected chi connectivity index (χ3v) is 4.33. The van der Waals surface area contributed by atoms with Crippen molar-refractivity contribution in [2.45, 2.75) is 26.3 Å². The molecule has 3 nitrogen and oxygen atoms in total. The normalized spacial score (nSPS) is 23.8. The van der Waals surface area contributed by atoms with Crippen LogP contribution in [0.25, 0.3) is 0 Å². The summed E-state index contributed by atoms with van der Waals surface area (Å²) in [6.45, 7) is 5.21. The molecule has 0 aromatic carbocycles. The minimum absolute atomic E-state index is 0.0647. The fourth-order valence-electron chi connectivity index (χ4n) is 1.86. The van der Waals surface area contributed by atoms with Gasteiger partial charge in [0.05, 0.1) is 0 Å². The average Bonchev–Trinajstić information content (AvgIpc) is 2.72. The van der Waals surface area contributed by atoms with Gasteiger partial charge < -0.3 is 11.1 Å². The molecular weight excluding hydrogens is 220 g/mol. The van der Waals surface area contributed by atoms with Crippen LogP contribution in [0.15, 0.2) is 17.5 Å². The maximum Gasteiger partial charge on any atom is 0.242 e. The van der Waals surface area contributed by atoms with E-state index in [0.717, 1.165) is 11.4 Å². The molecular formula is C12H18N2OS. The van der Waals surface area contributed by atoms with Crippen molar-refractivity contribution in [3.05, 3.63) is 22.4 Å². The van der Waals surface area contributed by atoms with Gasteiger partial charge in [0, 0.05) is 11.4 Å². The van der Waals surface area contributed by atoms with E-state index < -0.39 is 6.04 Å². The van der Waals surface area contributed by atoms with Gasteiger partial charge in [0.15, 0.2) is 0 Å². The molecule has 1 fully saturated rings. The maximum atomic E-state index is 11.8. The fourth-order valence-corrected chi connectivity index (χ4v) is 2.58. The van der Waals surface area contributed by atoms with Crippen LogP contribution in [-0.4, -0.2) is 12.5 Å². The smallest absolute Gasteiger partial charge is 0.242 e. The molecule has 4 heteroatoms. The number of nitrogens with one attached hydrogen (secondary N) is 1. The first-order valence-electron chi connectivity index (χ1n) is 5.57. The van der Waals surface area contributed by atoms with E-state index in [1.54, 1.807) is 0 Å². The number of amides is 1. The lowest BCUT2D eigenvalue weighted by Crippen LogP contribution is -2.35. The second-order valence-corrected chi connectivity index (χ2v) is 6.11. The third kappa shape index (κ3) is 2.44. The Morgan fingerprint density at radius 3 is 2.94 bits per heavy atom. The molecule has 1 heterocycles. The van der Waals surface area contributed by atoms with E-state index in [-0.39, 0.29) is 5.91 Å². The van der Waals surface area contributed by atoms with Crippen molar-refractivity contribution < 1.29 is 4.79 Å². The topological polar surface area (TPSA) is 55.1 Å². The van der Waals surface area contributed by atoms with Gasteiger partial charge in [-0.05, 0) is 29.2 Å². The number of nitrogens with two attached hydrogens (primary N) is 1. The lowest BCUT2D eigenvalue weighted by Gasteiger charge is -2.11. The number of hydrogen-bond acceptors (Lipinski definition) is 3. The largest absolute Gasteiger partial charge is 0.354 e. The van der Waals surface area contributed by atoms with Crippen molar-refractivity contribution in [1.29, 1.82) is 0 Å². The lowest BCUT2D eigenvalue weighted by atomic mass is 10.1. The van der Waals surface area contributed by atoms with E-state index in [9.17, 15) is 4.79 Å². The molecule has 2 atom stereocenters. The van der Waals surface area contributed by atoms with Crippen molar-refractivity contribution in [3.63, 3.8) is 0 Å². The molecule has 1 aromatic heterocycles. The van der Waals surface area contributed by atoms with Crippen molar-refractivity contribution in [2.75, 3.05) is 6.54 Å². The van der Waals surface area contributed by atoms with Crippen LogP contribution in [0.4, 0.5) is 0 Å². The Kier molecular flexibility index (Phi) is 3.04. The Balaban J connectivity index is 1.80. The summed E-state index contributed by atoms with van der Waals surface area (Å²) in [5.41, 5.74) is 6.26. The standard InChI is InChI=1S/C12H18N2OS/c1-12(2)6-8(12)7-14-11(15)10(13)9-4-3-5-16-9/h3-5,8,10H,6-7,13H2,1-2H3,(H,14,15). The molecule has 1 aliphatic rings. The lowest BCUT2D eigenvalue weighted by molar-refractivity contribution is -0.122. The van der Waals surface area contributed by atoms with Gasteiger partial charge in [-0.25, -0.2) is 0 Å². The zero-order valence-electron chi connectivity index (χ0n) is 9.69. The Morgan fingerprint density at radius 2 is 2.44 bits per heavy atom. The van der Waals surface area contributed by atoms with Crippen LogP contribution in [0, 0.1) is 11.3 Å². The molecule has 1 amide bonds. The van der Waals surface area contributed by atoms with E-state index in [1.165, 1.54) is 17.8 Å². The zero-order valence-corrected chi connectivity index (χ0v) is 10.5. The van der Waals surface area contributed by atoms with Crippen LogP contribution in [0.2, 0.25) is 0 Å². The molecule has 3 N–H and O–H groups in total. The molecule has 88 valence electrons. The molecule has 0 spiro atoms. The quantitative estimate of drug-likeness (QED) is 0.842. The van der Waals surface area contributed by atoms with Crippen LogP contribution in [-0.2, 0) is 4.79 Å². The molecule has 16 heavy (non-hydrogen) atoms. The summed E-state index contributed by atoms with van der Waals surface area (Å²) < 4.78 is 0. The second-order valence-electron chi connectivity index (χ2n) is 5.13. The molecule has 1 saturated carbocycles. The Hall–Kier alpha value is -0.870. The fraction of sp³-hybridized carbons (Fsp3) is 0.583. The monoisotopic (exact) mass is 238 g/mol. The highest BCUT2D eigenvalue weighted by Crippen LogP contribution is 2.50. The molecule has 1 aromatic rings. The van der Waals surface area contributed by atoms with Crippen molar-refractivity contribution >= 4 is 17.2 Å². The molecule has 0 aliphatic heterocycles. The molecule has 0 saturated heterocycles. The average molecular weight is 238 g/mol. The first kappa shape index (κ1) is 11.6. The second kappa shape index (κ2) is 4.18. The van der Waals surface area contributed by atoms with Crippen LogP contribution in [0.5, 0.6) is 0 Å². The summed E-state index contributed by atoms with van der Waals surface area (Å²) >= 11 is 1.52. The highest BCUT2D eigenvalue weighted by atomic mass is 32.1. The van der Waals surface area contributed by atoms with Gasteiger partial charge in [0.25, 0.3) is 0 Å². The number of carbonyl (C=O) groups excluding carboxylic acids is 1. The number of carbonyl (C=O) groups is 1. The van der Waals surface area contributed by atoms with Gasteiger partial charge in [-0.3, -0.25) is 4.79 Å². The minimum atomic E-state index is -0.512. The first-order valence-corrected chi connectivity index (χ1v) is 6.45. The molecule has 0 radical (unpaired) electrons. The summed E-state index contributed by atoms with van der Waals surface area (Å²) in [6.07, 6.45) is 1.20. The predicted molar refractivity (Wildman–Crippen MR) is 66.1 cm³/mol. The van der Waals surface area contributed by atoms with Gasteiger partial charge >= 0.3 is 0 Å². The first-order chi connectivity index (χ1) is 7.50. The number of hydrogen-bond donors (Lipinski definition) is 2. The zero-order chi connectivity index (χ0) is 11.8. The van der Waals surface area contributed by atoms with Crippen LogP contribution < -0.4 is 11.1 Å². The summed E-state index contributed by atoms with van der Waals surface area (Å²) in [4.78, 5) is 12.7. The highest BCUT2D eigenvalue weighted by Gasteiger charge is 2.45. The van der Waals surface area contributed by atoms with Crippen molar-refractivity contribution in [1.82, 2.24) is 5.32 Å². The maximum absolute atomic E-state index is 11.8. The van der Waals surface area contributed by atoms with E-state index in [1.807, 2.05) is 17.5 Å². The van der Waals surface area contributed by atoms with E-state index in [0.29, 0.717) is 11.3 Å². The van der Waals surface area contributed by atoms with Gasteiger partial charge in [0.1, 0.15) is 6.04 Å². The van der Waals surface area contributed by atoms with Gasteiger partial charge in [-0.1, -0.05) is 19.9 Å². The highest BCUT2D eigenvalue weighted by molar-refractivity contribution is 7.10. The SMILES string of the molecule is CC1(C)CC1CNC(=O)C(N)c1cccs1. The molecule has 0 bridgehead atoms. The van der Waals surface area contributed by atoms with Gasteiger partial charge in [-0.15, -0.1) is 11.3 Å². The van der Waals surface area contributed by atoms with Gasteiger partial charge in [0.2, 0.25) is 5.91 Å². The number of rotatable bonds is 4. The van der Waals surface area contributed by atoms with Crippen LogP contribution in [0.3, 0.4) is 0 Å². The summed E-state index contributed by atoms with van der Waals surface area (Å²) in [5, 5.41) is 4.87. The van der Waals surface area contributed by atoms with Crippen LogP contribution >= 0.6 is 11.3 Å². The van der Waals surface area contributed by atoms with E-state index in [2.05, 4.69) is 19.2 Å². The Labute approximate surface area is 100 Å². The van der Waals surface area contributed by atoms with Crippen molar-refractivity contribution in [2.24, 2.45) is 17.1 Å². The van der Waals surface area contributed by atoms with E-state index >= 15 is 0 Å². The number of thiophene rings is 1. The molecule has 1 aliphatic carbocycles. The van der Waals surface area contributed by atoms with Crippen molar-refractivity contribution in [3.8, 4) is 0 Å².